The molecule has 0 radical (unpaired) electrons. The standard InChI is InChI=1S/C9H7BrN2O2/c1-12-6-4-2-3-5(10)7(6)8(11-12)9(13)14/h2-4H,1H3,(H,13,14). The average Bonchev–Trinajstić information content (AvgIpc) is 2.46. The molecule has 5 heteroatoms. The Morgan fingerprint density at radius 3 is 2.93 bits per heavy atom. The molecule has 1 N–H and O–H groups in total. The molecule has 72 valence electrons. The SMILES string of the molecule is Cn1nc(C(=O)O)c2c(Br)cccc21. The van der Waals surface area contributed by atoms with E-state index in [1.54, 1.807) is 17.8 Å². The van der Waals surface area contributed by atoms with E-state index in [-0.39, 0.29) is 5.69 Å². The van der Waals surface area contributed by atoms with E-state index in [2.05, 4.69) is 21.0 Å². The number of benzene rings is 1. The molecule has 0 aliphatic carbocycles. The first-order valence-corrected chi connectivity index (χ1v) is 4.75. The Hall–Kier alpha value is -1.36. The zero-order valence-electron chi connectivity index (χ0n) is 7.36. The first-order chi connectivity index (χ1) is 6.61. The van der Waals surface area contributed by atoms with Crippen LogP contribution in [0, 0.1) is 0 Å². The van der Waals surface area contributed by atoms with Gasteiger partial charge in [-0.15, -0.1) is 0 Å². The average molecular weight is 255 g/mol. The Morgan fingerprint density at radius 1 is 1.57 bits per heavy atom. The van der Waals surface area contributed by atoms with Crippen molar-refractivity contribution < 1.29 is 9.90 Å². The molecule has 2 rings (SSSR count). The van der Waals surface area contributed by atoms with Gasteiger partial charge in [-0.05, 0) is 12.1 Å². The highest BCUT2D eigenvalue weighted by molar-refractivity contribution is 9.10. The number of hydrogen-bond donors (Lipinski definition) is 1. The lowest BCUT2D eigenvalue weighted by Gasteiger charge is -1.94. The van der Waals surface area contributed by atoms with Crippen molar-refractivity contribution in [3.8, 4) is 0 Å². The van der Waals surface area contributed by atoms with Gasteiger partial charge < -0.3 is 5.11 Å². The number of halogens is 1. The maximum atomic E-state index is 10.9. The van der Waals surface area contributed by atoms with Gasteiger partial charge in [0, 0.05) is 16.9 Å². The molecule has 0 fully saturated rings. The fourth-order valence-corrected chi connectivity index (χ4v) is 1.96. The number of carbonyl (C=O) groups is 1. The summed E-state index contributed by atoms with van der Waals surface area (Å²) in [6, 6.07) is 5.48. The summed E-state index contributed by atoms with van der Waals surface area (Å²) < 4.78 is 2.31. The summed E-state index contributed by atoms with van der Waals surface area (Å²) in [4.78, 5) is 10.9. The first kappa shape index (κ1) is 9.21. The van der Waals surface area contributed by atoms with Gasteiger partial charge in [0.2, 0.25) is 0 Å². The van der Waals surface area contributed by atoms with Crippen LogP contribution in [-0.4, -0.2) is 20.9 Å². The smallest absolute Gasteiger partial charge is 0.357 e. The zero-order chi connectivity index (χ0) is 10.3. The van der Waals surface area contributed by atoms with Gasteiger partial charge in [0.1, 0.15) is 0 Å². The van der Waals surface area contributed by atoms with E-state index in [0.717, 1.165) is 9.99 Å². The molecular formula is C9H7BrN2O2. The van der Waals surface area contributed by atoms with Gasteiger partial charge in [0.25, 0.3) is 0 Å². The number of nitrogens with zero attached hydrogens (tertiary/aromatic N) is 2. The molecule has 0 spiro atoms. The molecule has 0 unspecified atom stereocenters. The molecule has 0 aliphatic rings. The van der Waals surface area contributed by atoms with Crippen molar-refractivity contribution in [2.45, 2.75) is 0 Å². The molecule has 1 aromatic carbocycles. The van der Waals surface area contributed by atoms with Crippen LogP contribution in [0.2, 0.25) is 0 Å². The number of aryl methyl sites for hydroxylation is 1. The number of carboxylic acid groups (broad SMARTS) is 1. The Balaban J connectivity index is 2.93. The normalized spacial score (nSPS) is 10.7. The van der Waals surface area contributed by atoms with E-state index >= 15 is 0 Å². The number of aromatic nitrogens is 2. The van der Waals surface area contributed by atoms with Crippen molar-refractivity contribution in [2.75, 3.05) is 0 Å². The summed E-state index contributed by atoms with van der Waals surface area (Å²) in [5.41, 5.74) is 0.881. The molecule has 0 amide bonds. The van der Waals surface area contributed by atoms with Gasteiger partial charge in [-0.3, -0.25) is 4.68 Å². The van der Waals surface area contributed by atoms with Crippen molar-refractivity contribution >= 4 is 32.8 Å². The number of fused-ring (bicyclic) bond motifs is 1. The van der Waals surface area contributed by atoms with Crippen LogP contribution in [0.25, 0.3) is 10.9 Å². The fourth-order valence-electron chi connectivity index (χ4n) is 1.42. The molecule has 0 bridgehead atoms. The minimum absolute atomic E-state index is 0.0787. The van der Waals surface area contributed by atoms with E-state index in [9.17, 15) is 4.79 Å². The van der Waals surface area contributed by atoms with Gasteiger partial charge in [0.15, 0.2) is 5.69 Å². The predicted molar refractivity (Wildman–Crippen MR) is 55.4 cm³/mol. The molecule has 14 heavy (non-hydrogen) atoms. The quantitative estimate of drug-likeness (QED) is 0.848. The van der Waals surface area contributed by atoms with Crippen molar-refractivity contribution in [1.29, 1.82) is 0 Å². The molecule has 0 saturated carbocycles. The van der Waals surface area contributed by atoms with E-state index in [0.29, 0.717) is 5.39 Å². The lowest BCUT2D eigenvalue weighted by atomic mass is 10.2. The molecule has 1 heterocycles. The van der Waals surface area contributed by atoms with Crippen molar-refractivity contribution in [1.82, 2.24) is 9.78 Å². The zero-order valence-corrected chi connectivity index (χ0v) is 8.95. The molecule has 0 saturated heterocycles. The number of rotatable bonds is 1. The minimum atomic E-state index is -1.01. The fraction of sp³-hybridized carbons (Fsp3) is 0.111. The van der Waals surface area contributed by atoms with Gasteiger partial charge in [-0.1, -0.05) is 22.0 Å². The first-order valence-electron chi connectivity index (χ1n) is 3.96. The van der Waals surface area contributed by atoms with E-state index in [1.807, 2.05) is 12.1 Å². The molecule has 1 aromatic heterocycles. The second kappa shape index (κ2) is 3.09. The Kier molecular flexibility index (Phi) is 2.03. The Labute approximate surface area is 88.3 Å². The second-order valence-electron chi connectivity index (χ2n) is 2.91. The van der Waals surface area contributed by atoms with Crippen molar-refractivity contribution in [3.05, 3.63) is 28.4 Å². The highest BCUT2D eigenvalue weighted by Crippen LogP contribution is 2.26. The summed E-state index contributed by atoms with van der Waals surface area (Å²) in [6.07, 6.45) is 0. The van der Waals surface area contributed by atoms with E-state index in [1.165, 1.54) is 0 Å². The van der Waals surface area contributed by atoms with Crippen LogP contribution in [0.5, 0.6) is 0 Å². The number of aromatic carboxylic acids is 1. The third kappa shape index (κ3) is 1.21. The molecule has 0 atom stereocenters. The topological polar surface area (TPSA) is 55.1 Å². The predicted octanol–water partition coefficient (Wildman–Crippen LogP) is 2.03. The highest BCUT2D eigenvalue weighted by atomic mass is 79.9. The van der Waals surface area contributed by atoms with Crippen LogP contribution >= 0.6 is 15.9 Å². The van der Waals surface area contributed by atoms with Crippen LogP contribution < -0.4 is 0 Å². The number of carboxylic acids is 1. The lowest BCUT2D eigenvalue weighted by molar-refractivity contribution is 0.0691. The van der Waals surface area contributed by atoms with Gasteiger partial charge in [-0.25, -0.2) is 4.79 Å². The summed E-state index contributed by atoms with van der Waals surface area (Å²) in [5, 5.41) is 13.5. The molecule has 4 nitrogen and oxygen atoms in total. The van der Waals surface area contributed by atoms with E-state index < -0.39 is 5.97 Å². The molecular weight excluding hydrogens is 248 g/mol. The van der Waals surface area contributed by atoms with E-state index in [4.69, 9.17) is 5.11 Å². The summed E-state index contributed by atoms with van der Waals surface area (Å²) in [5.74, 6) is -1.01. The van der Waals surface area contributed by atoms with Gasteiger partial charge >= 0.3 is 5.97 Å². The summed E-state index contributed by atoms with van der Waals surface area (Å²) >= 11 is 3.31. The van der Waals surface area contributed by atoms with Crippen LogP contribution in [0.3, 0.4) is 0 Å². The van der Waals surface area contributed by atoms with Crippen molar-refractivity contribution in [3.63, 3.8) is 0 Å². The Morgan fingerprint density at radius 2 is 2.29 bits per heavy atom. The maximum absolute atomic E-state index is 10.9. The Bertz CT molecular complexity index is 519. The summed E-state index contributed by atoms with van der Waals surface area (Å²) in [6.45, 7) is 0. The number of hydrogen-bond acceptors (Lipinski definition) is 2. The lowest BCUT2D eigenvalue weighted by Crippen LogP contribution is -1.99. The van der Waals surface area contributed by atoms with Crippen molar-refractivity contribution in [2.24, 2.45) is 7.05 Å². The van der Waals surface area contributed by atoms with Gasteiger partial charge in [-0.2, -0.15) is 5.10 Å². The largest absolute Gasteiger partial charge is 0.476 e. The van der Waals surface area contributed by atoms with Gasteiger partial charge in [0.05, 0.1) is 5.52 Å². The monoisotopic (exact) mass is 254 g/mol. The molecule has 2 aromatic rings. The van der Waals surface area contributed by atoms with Crippen LogP contribution in [0.15, 0.2) is 22.7 Å². The van der Waals surface area contributed by atoms with Crippen LogP contribution in [-0.2, 0) is 7.05 Å². The third-order valence-electron chi connectivity index (χ3n) is 2.03. The van der Waals surface area contributed by atoms with Crippen LogP contribution in [0.4, 0.5) is 0 Å². The highest BCUT2D eigenvalue weighted by Gasteiger charge is 2.16. The summed E-state index contributed by atoms with van der Waals surface area (Å²) in [7, 11) is 1.72. The maximum Gasteiger partial charge on any atom is 0.357 e. The minimum Gasteiger partial charge on any atom is -0.476 e. The molecule has 0 aliphatic heterocycles. The second-order valence-corrected chi connectivity index (χ2v) is 3.77. The third-order valence-corrected chi connectivity index (χ3v) is 2.69. The van der Waals surface area contributed by atoms with Crippen LogP contribution in [0.1, 0.15) is 10.5 Å².